The average Bonchev–Trinajstić information content (AvgIpc) is 3.03. The quantitative estimate of drug-likeness (QED) is 0.518. The maximum absolute atomic E-state index is 12.7. The first-order valence-electron chi connectivity index (χ1n) is 10.2. The number of benzene rings is 2. The standard InChI is InChI=1S/C25H27NO5/c1-6-30-23-16(4)24-20(15(3)17(5)31-24)13-19(23)14(2)12-21(27)26-22(25(28)29)18-10-8-7-9-11-18/h7-13,22H,6H2,1-5H3,(H,26,27)(H,28,29)/b14-12+. The highest BCUT2D eigenvalue weighted by Gasteiger charge is 2.22. The number of carboxylic acid groups (broad SMARTS) is 1. The van der Waals surface area contributed by atoms with E-state index in [1.54, 1.807) is 30.3 Å². The Morgan fingerprint density at radius 2 is 1.84 bits per heavy atom. The van der Waals surface area contributed by atoms with Gasteiger partial charge in [-0.3, -0.25) is 4.79 Å². The lowest BCUT2D eigenvalue weighted by Crippen LogP contribution is -2.32. The monoisotopic (exact) mass is 421 g/mol. The fourth-order valence-electron chi connectivity index (χ4n) is 3.63. The molecule has 6 heteroatoms. The number of carbonyl (C=O) groups excluding carboxylic acids is 1. The van der Waals surface area contributed by atoms with Crippen molar-refractivity contribution in [3.05, 3.63) is 70.5 Å². The van der Waals surface area contributed by atoms with Crippen LogP contribution in [0.3, 0.4) is 0 Å². The molecule has 0 aliphatic rings. The molecule has 2 aromatic carbocycles. The maximum atomic E-state index is 12.7. The highest BCUT2D eigenvalue weighted by atomic mass is 16.5. The summed E-state index contributed by atoms with van der Waals surface area (Å²) in [4.78, 5) is 24.4. The third-order valence-corrected chi connectivity index (χ3v) is 5.37. The van der Waals surface area contributed by atoms with E-state index >= 15 is 0 Å². The van der Waals surface area contributed by atoms with E-state index in [9.17, 15) is 14.7 Å². The van der Waals surface area contributed by atoms with Crippen LogP contribution in [0.4, 0.5) is 0 Å². The Labute approximate surface area is 181 Å². The summed E-state index contributed by atoms with van der Waals surface area (Å²) >= 11 is 0. The zero-order chi connectivity index (χ0) is 22.7. The number of furan rings is 1. The topological polar surface area (TPSA) is 88.8 Å². The highest BCUT2D eigenvalue weighted by molar-refractivity contribution is 5.99. The van der Waals surface area contributed by atoms with E-state index in [0.29, 0.717) is 23.5 Å². The molecule has 3 rings (SSSR count). The van der Waals surface area contributed by atoms with E-state index in [-0.39, 0.29) is 0 Å². The van der Waals surface area contributed by atoms with Gasteiger partial charge in [-0.05, 0) is 57.4 Å². The number of fused-ring (bicyclic) bond motifs is 1. The Morgan fingerprint density at radius 3 is 2.45 bits per heavy atom. The second kappa shape index (κ2) is 9.08. The summed E-state index contributed by atoms with van der Waals surface area (Å²) in [5, 5.41) is 13.1. The lowest BCUT2D eigenvalue weighted by atomic mass is 9.98. The van der Waals surface area contributed by atoms with Crippen molar-refractivity contribution in [3.63, 3.8) is 0 Å². The first-order chi connectivity index (χ1) is 14.7. The number of nitrogens with one attached hydrogen (secondary N) is 1. The van der Waals surface area contributed by atoms with E-state index in [2.05, 4.69) is 5.32 Å². The number of rotatable bonds is 7. The van der Waals surface area contributed by atoms with Crippen LogP contribution in [0.1, 0.15) is 47.9 Å². The molecular weight excluding hydrogens is 394 g/mol. The smallest absolute Gasteiger partial charge is 0.330 e. The van der Waals surface area contributed by atoms with Crippen molar-refractivity contribution >= 4 is 28.4 Å². The lowest BCUT2D eigenvalue weighted by molar-refractivity contribution is -0.141. The van der Waals surface area contributed by atoms with Crippen molar-refractivity contribution in [2.45, 2.75) is 40.7 Å². The summed E-state index contributed by atoms with van der Waals surface area (Å²) in [6, 6.07) is 9.44. The van der Waals surface area contributed by atoms with Crippen molar-refractivity contribution in [1.82, 2.24) is 5.32 Å². The van der Waals surface area contributed by atoms with E-state index in [1.807, 2.05) is 40.7 Å². The van der Waals surface area contributed by atoms with Crippen LogP contribution in [0.25, 0.3) is 16.5 Å². The molecule has 6 nitrogen and oxygen atoms in total. The highest BCUT2D eigenvalue weighted by Crippen LogP contribution is 2.38. The van der Waals surface area contributed by atoms with Gasteiger partial charge in [-0.2, -0.15) is 0 Å². The second-order valence-corrected chi connectivity index (χ2v) is 7.49. The van der Waals surface area contributed by atoms with Crippen molar-refractivity contribution in [2.24, 2.45) is 0 Å². The van der Waals surface area contributed by atoms with Gasteiger partial charge in [-0.25, -0.2) is 4.79 Å². The van der Waals surface area contributed by atoms with Gasteiger partial charge in [0, 0.05) is 22.6 Å². The Kier molecular flexibility index (Phi) is 6.49. The molecule has 1 atom stereocenters. The zero-order valence-corrected chi connectivity index (χ0v) is 18.4. The first-order valence-corrected chi connectivity index (χ1v) is 10.2. The molecule has 0 radical (unpaired) electrons. The van der Waals surface area contributed by atoms with Crippen LogP contribution in [-0.4, -0.2) is 23.6 Å². The minimum Gasteiger partial charge on any atom is -0.493 e. The van der Waals surface area contributed by atoms with Crippen molar-refractivity contribution in [2.75, 3.05) is 6.61 Å². The number of carbonyl (C=O) groups is 2. The maximum Gasteiger partial charge on any atom is 0.330 e. The van der Waals surface area contributed by atoms with Crippen LogP contribution in [0.15, 0.2) is 46.9 Å². The SMILES string of the molecule is CCOc1c(/C(C)=C/C(=O)NC(C(=O)O)c2ccccc2)cc2c(C)c(C)oc2c1C. The van der Waals surface area contributed by atoms with Crippen LogP contribution in [-0.2, 0) is 9.59 Å². The van der Waals surface area contributed by atoms with Gasteiger partial charge < -0.3 is 19.6 Å². The van der Waals surface area contributed by atoms with Crippen molar-refractivity contribution < 1.29 is 23.8 Å². The van der Waals surface area contributed by atoms with Gasteiger partial charge in [0.1, 0.15) is 17.1 Å². The number of hydrogen-bond acceptors (Lipinski definition) is 4. The number of aryl methyl sites for hydroxylation is 3. The fourth-order valence-corrected chi connectivity index (χ4v) is 3.63. The molecule has 0 aliphatic heterocycles. The molecule has 1 aromatic heterocycles. The third kappa shape index (κ3) is 4.48. The Bertz CT molecular complexity index is 1160. The number of hydrogen-bond donors (Lipinski definition) is 2. The molecule has 162 valence electrons. The molecule has 1 heterocycles. The summed E-state index contributed by atoms with van der Waals surface area (Å²) in [7, 11) is 0. The van der Waals surface area contributed by atoms with Crippen LogP contribution >= 0.6 is 0 Å². The van der Waals surface area contributed by atoms with E-state index in [1.165, 1.54) is 6.08 Å². The van der Waals surface area contributed by atoms with Gasteiger partial charge >= 0.3 is 5.97 Å². The van der Waals surface area contributed by atoms with Crippen LogP contribution in [0.5, 0.6) is 5.75 Å². The molecule has 0 aliphatic carbocycles. The van der Waals surface area contributed by atoms with Crippen molar-refractivity contribution in [1.29, 1.82) is 0 Å². The third-order valence-electron chi connectivity index (χ3n) is 5.37. The van der Waals surface area contributed by atoms with E-state index < -0.39 is 17.9 Å². The molecule has 0 spiro atoms. The van der Waals surface area contributed by atoms with Gasteiger partial charge in [-0.15, -0.1) is 0 Å². The zero-order valence-electron chi connectivity index (χ0n) is 18.4. The molecule has 0 saturated heterocycles. The Hall–Kier alpha value is -3.54. The van der Waals surface area contributed by atoms with Gasteiger partial charge in [0.25, 0.3) is 0 Å². The van der Waals surface area contributed by atoms with Gasteiger partial charge in [0.15, 0.2) is 6.04 Å². The molecule has 31 heavy (non-hydrogen) atoms. The minimum absolute atomic E-state index is 0.465. The molecule has 3 aromatic rings. The predicted molar refractivity (Wildman–Crippen MR) is 120 cm³/mol. The Morgan fingerprint density at radius 1 is 1.16 bits per heavy atom. The van der Waals surface area contributed by atoms with Gasteiger partial charge in [0.2, 0.25) is 5.91 Å². The normalized spacial score (nSPS) is 12.6. The van der Waals surface area contributed by atoms with Crippen LogP contribution in [0.2, 0.25) is 0 Å². The Balaban J connectivity index is 1.99. The number of allylic oxidation sites excluding steroid dienone is 1. The molecule has 0 saturated carbocycles. The van der Waals surface area contributed by atoms with E-state index in [4.69, 9.17) is 9.15 Å². The van der Waals surface area contributed by atoms with Crippen LogP contribution in [0, 0.1) is 20.8 Å². The number of carboxylic acids is 1. The molecule has 1 unspecified atom stereocenters. The van der Waals surface area contributed by atoms with Gasteiger partial charge in [-0.1, -0.05) is 30.3 Å². The van der Waals surface area contributed by atoms with Gasteiger partial charge in [0.05, 0.1) is 6.61 Å². The van der Waals surface area contributed by atoms with E-state index in [0.717, 1.165) is 33.4 Å². The summed E-state index contributed by atoms with van der Waals surface area (Å²) in [6.07, 6.45) is 1.41. The predicted octanol–water partition coefficient (Wildman–Crippen LogP) is 5.10. The molecule has 1 amide bonds. The number of amides is 1. The summed E-state index contributed by atoms with van der Waals surface area (Å²) in [5.41, 5.74) is 4.63. The molecule has 0 bridgehead atoms. The van der Waals surface area contributed by atoms with Crippen LogP contribution < -0.4 is 10.1 Å². The average molecular weight is 421 g/mol. The summed E-state index contributed by atoms with van der Waals surface area (Å²) < 4.78 is 11.8. The number of aliphatic carboxylic acids is 1. The summed E-state index contributed by atoms with van der Waals surface area (Å²) in [5.74, 6) is -0.121. The molecule has 0 fully saturated rings. The van der Waals surface area contributed by atoms with Crippen molar-refractivity contribution in [3.8, 4) is 5.75 Å². The fraction of sp³-hybridized carbons (Fsp3) is 0.280. The number of ether oxygens (including phenoxy) is 1. The molecular formula is C25H27NO5. The lowest BCUT2D eigenvalue weighted by Gasteiger charge is -2.16. The first kappa shape index (κ1) is 22.2. The second-order valence-electron chi connectivity index (χ2n) is 7.49. The summed E-state index contributed by atoms with van der Waals surface area (Å²) in [6.45, 7) is 10.0. The molecule has 2 N–H and O–H groups in total. The largest absolute Gasteiger partial charge is 0.493 e. The minimum atomic E-state index is -1.13.